The van der Waals surface area contributed by atoms with E-state index in [-0.39, 0.29) is 11.9 Å². The van der Waals surface area contributed by atoms with Crippen molar-refractivity contribution in [2.75, 3.05) is 31.3 Å². The van der Waals surface area contributed by atoms with Crippen LogP contribution >= 0.6 is 0 Å². The second-order valence-electron chi connectivity index (χ2n) is 8.61. The lowest BCUT2D eigenvalue weighted by atomic mass is 9.99. The van der Waals surface area contributed by atoms with Crippen molar-refractivity contribution < 1.29 is 13.2 Å². The van der Waals surface area contributed by atoms with E-state index in [1.807, 2.05) is 25.1 Å². The highest BCUT2D eigenvalue weighted by Gasteiger charge is 2.31. The van der Waals surface area contributed by atoms with Gasteiger partial charge in [-0.15, -0.1) is 0 Å². The van der Waals surface area contributed by atoms with Crippen molar-refractivity contribution in [2.24, 2.45) is 5.92 Å². The summed E-state index contributed by atoms with van der Waals surface area (Å²) in [4.78, 5) is 15.6. The fourth-order valence-electron chi connectivity index (χ4n) is 4.13. The van der Waals surface area contributed by atoms with E-state index >= 15 is 0 Å². The minimum atomic E-state index is -3.55. The van der Waals surface area contributed by atoms with Crippen molar-refractivity contribution in [3.8, 4) is 0 Å². The molecule has 1 heterocycles. The zero-order valence-corrected chi connectivity index (χ0v) is 19.6. The van der Waals surface area contributed by atoms with Crippen LogP contribution in [-0.4, -0.2) is 45.0 Å². The molecule has 3 rings (SSSR count). The van der Waals surface area contributed by atoms with Crippen molar-refractivity contribution in [1.82, 2.24) is 9.62 Å². The summed E-state index contributed by atoms with van der Waals surface area (Å²) in [5.41, 5.74) is 2.82. The highest BCUT2D eigenvalue weighted by Crippen LogP contribution is 2.26. The number of sulfonamides is 1. The third-order valence-corrected chi connectivity index (χ3v) is 7.28. The van der Waals surface area contributed by atoms with E-state index in [4.69, 9.17) is 0 Å². The molecule has 1 aliphatic rings. The normalized spacial score (nSPS) is 19.1. The molecule has 1 amide bonds. The number of likely N-dealkylation sites (N-methyl/N-ethyl adjacent to an activating group) is 1. The fraction of sp³-hybridized carbons (Fsp3) is 0.458. The molecule has 168 valence electrons. The second-order valence-corrected chi connectivity index (χ2v) is 10.6. The molecule has 0 unspecified atom stereocenters. The highest BCUT2D eigenvalue weighted by molar-refractivity contribution is 7.88. The van der Waals surface area contributed by atoms with Crippen molar-refractivity contribution >= 4 is 21.6 Å². The SMILES string of the molecule is C[C@@H]1CCCN(c2ccc([C@@H](C)NC(=O)[C@@H](c3ccccc3)N(C)S(C)(=O)=O)cc2)C1. The maximum Gasteiger partial charge on any atom is 0.243 e. The summed E-state index contributed by atoms with van der Waals surface area (Å²) in [6.07, 6.45) is 3.60. The number of nitrogens with one attached hydrogen (secondary N) is 1. The summed E-state index contributed by atoms with van der Waals surface area (Å²) in [6.45, 7) is 6.35. The highest BCUT2D eigenvalue weighted by atomic mass is 32.2. The molecule has 1 fully saturated rings. The predicted molar refractivity (Wildman–Crippen MR) is 125 cm³/mol. The van der Waals surface area contributed by atoms with E-state index in [2.05, 4.69) is 29.3 Å². The minimum Gasteiger partial charge on any atom is -0.371 e. The number of hydrogen-bond donors (Lipinski definition) is 1. The molecule has 0 spiro atoms. The van der Waals surface area contributed by atoms with E-state index in [0.29, 0.717) is 11.5 Å². The van der Waals surface area contributed by atoms with Gasteiger partial charge in [-0.2, -0.15) is 4.31 Å². The van der Waals surface area contributed by atoms with Gasteiger partial charge in [0.25, 0.3) is 0 Å². The molecule has 0 radical (unpaired) electrons. The summed E-state index contributed by atoms with van der Waals surface area (Å²) >= 11 is 0. The van der Waals surface area contributed by atoms with Crippen LogP contribution in [0.4, 0.5) is 5.69 Å². The molecule has 2 aromatic carbocycles. The maximum atomic E-state index is 13.1. The molecule has 0 aromatic heterocycles. The lowest BCUT2D eigenvalue weighted by Crippen LogP contribution is -2.42. The van der Waals surface area contributed by atoms with Crippen LogP contribution in [0.3, 0.4) is 0 Å². The first-order valence-corrected chi connectivity index (χ1v) is 12.6. The van der Waals surface area contributed by atoms with Gasteiger partial charge in [0.05, 0.1) is 12.3 Å². The number of nitrogens with zero attached hydrogens (tertiary/aromatic N) is 2. The van der Waals surface area contributed by atoms with Crippen LogP contribution in [0.15, 0.2) is 54.6 Å². The molecule has 0 saturated carbocycles. The molecule has 0 aliphatic carbocycles. The Kier molecular flexibility index (Phi) is 7.38. The zero-order chi connectivity index (χ0) is 22.6. The summed E-state index contributed by atoms with van der Waals surface area (Å²) in [5.74, 6) is 0.356. The maximum absolute atomic E-state index is 13.1. The van der Waals surface area contributed by atoms with Crippen LogP contribution in [0.1, 0.15) is 49.9 Å². The van der Waals surface area contributed by atoms with Crippen LogP contribution in [0, 0.1) is 5.92 Å². The van der Waals surface area contributed by atoms with Crippen LogP contribution in [0.25, 0.3) is 0 Å². The van der Waals surface area contributed by atoms with Gasteiger partial charge in [-0.25, -0.2) is 8.42 Å². The molecule has 6 nitrogen and oxygen atoms in total. The summed E-state index contributed by atoms with van der Waals surface area (Å²) in [6, 6.07) is 16.1. The number of anilines is 1. The average molecular weight is 444 g/mol. The van der Waals surface area contributed by atoms with Gasteiger partial charge in [-0.3, -0.25) is 4.79 Å². The third kappa shape index (κ3) is 5.86. The van der Waals surface area contributed by atoms with Crippen molar-refractivity contribution in [2.45, 2.75) is 38.8 Å². The van der Waals surface area contributed by atoms with Gasteiger partial charge in [-0.05, 0) is 48.9 Å². The molecule has 3 atom stereocenters. The lowest BCUT2D eigenvalue weighted by molar-refractivity contribution is -0.125. The minimum absolute atomic E-state index is 0.249. The first-order chi connectivity index (χ1) is 14.7. The Hall–Kier alpha value is -2.38. The fourth-order valence-corrected chi connectivity index (χ4v) is 4.73. The number of benzene rings is 2. The summed E-state index contributed by atoms with van der Waals surface area (Å²) in [5, 5.41) is 3.00. The van der Waals surface area contributed by atoms with E-state index < -0.39 is 16.1 Å². The van der Waals surface area contributed by atoms with Gasteiger partial charge in [0.2, 0.25) is 15.9 Å². The Balaban J connectivity index is 1.74. The lowest BCUT2D eigenvalue weighted by Gasteiger charge is -2.33. The van der Waals surface area contributed by atoms with Gasteiger partial charge in [-0.1, -0.05) is 49.4 Å². The number of piperidine rings is 1. The van der Waals surface area contributed by atoms with Crippen LogP contribution in [0.5, 0.6) is 0 Å². The Morgan fingerprint density at radius 1 is 1.10 bits per heavy atom. The molecule has 2 aromatic rings. The number of rotatable bonds is 7. The van der Waals surface area contributed by atoms with E-state index in [1.54, 1.807) is 24.3 Å². The van der Waals surface area contributed by atoms with Gasteiger partial charge in [0, 0.05) is 25.8 Å². The Morgan fingerprint density at radius 3 is 2.32 bits per heavy atom. The smallest absolute Gasteiger partial charge is 0.243 e. The molecule has 7 heteroatoms. The monoisotopic (exact) mass is 443 g/mol. The van der Waals surface area contributed by atoms with Gasteiger partial charge in [0.1, 0.15) is 6.04 Å². The zero-order valence-electron chi connectivity index (χ0n) is 18.8. The Labute approximate surface area is 186 Å². The van der Waals surface area contributed by atoms with Crippen molar-refractivity contribution in [1.29, 1.82) is 0 Å². The Morgan fingerprint density at radius 2 is 1.74 bits per heavy atom. The summed E-state index contributed by atoms with van der Waals surface area (Å²) in [7, 11) is -2.12. The largest absolute Gasteiger partial charge is 0.371 e. The molecular formula is C24H33N3O3S. The predicted octanol–water partition coefficient (Wildman–Crippen LogP) is 3.73. The summed E-state index contributed by atoms with van der Waals surface area (Å²) < 4.78 is 25.4. The molecule has 1 saturated heterocycles. The van der Waals surface area contributed by atoms with Gasteiger partial charge in [0.15, 0.2) is 0 Å². The van der Waals surface area contributed by atoms with E-state index in [0.717, 1.165) is 29.2 Å². The van der Waals surface area contributed by atoms with Crippen LogP contribution in [-0.2, 0) is 14.8 Å². The Bertz CT molecular complexity index is 977. The van der Waals surface area contributed by atoms with Crippen molar-refractivity contribution in [3.63, 3.8) is 0 Å². The van der Waals surface area contributed by atoms with Gasteiger partial charge < -0.3 is 10.2 Å². The average Bonchev–Trinajstić information content (AvgIpc) is 2.74. The second kappa shape index (κ2) is 9.83. The number of carbonyl (C=O) groups is 1. The first kappa shape index (κ1) is 23.3. The standard InChI is InChI=1S/C24H33N3O3S/c1-18-9-8-16-27(17-18)22-14-12-20(13-15-22)19(2)25-24(28)23(26(3)31(4,29)30)21-10-6-5-7-11-21/h5-7,10-15,18-19,23H,8-9,16-17H2,1-4H3,(H,25,28)/t18-,19-,23-/m1/s1. The van der Waals surface area contributed by atoms with Gasteiger partial charge >= 0.3 is 0 Å². The van der Waals surface area contributed by atoms with E-state index in [1.165, 1.54) is 25.6 Å². The number of amides is 1. The topological polar surface area (TPSA) is 69.7 Å². The molecular weight excluding hydrogens is 410 g/mol. The number of carbonyl (C=O) groups excluding carboxylic acids is 1. The van der Waals surface area contributed by atoms with Crippen LogP contribution < -0.4 is 10.2 Å². The quantitative estimate of drug-likeness (QED) is 0.708. The van der Waals surface area contributed by atoms with E-state index in [9.17, 15) is 13.2 Å². The third-order valence-electron chi connectivity index (χ3n) is 6.02. The first-order valence-electron chi connectivity index (χ1n) is 10.8. The molecule has 31 heavy (non-hydrogen) atoms. The molecule has 0 bridgehead atoms. The van der Waals surface area contributed by atoms with Crippen LogP contribution in [0.2, 0.25) is 0 Å². The molecule has 1 N–H and O–H groups in total. The molecule has 1 aliphatic heterocycles. The van der Waals surface area contributed by atoms with Crippen molar-refractivity contribution in [3.05, 3.63) is 65.7 Å². The number of hydrogen-bond acceptors (Lipinski definition) is 4.